The van der Waals surface area contributed by atoms with Gasteiger partial charge in [0.25, 0.3) is 0 Å². The van der Waals surface area contributed by atoms with E-state index in [-0.39, 0.29) is 12.5 Å². The van der Waals surface area contributed by atoms with Crippen LogP contribution in [0.1, 0.15) is 12.5 Å². The molecule has 15 heavy (non-hydrogen) atoms. The summed E-state index contributed by atoms with van der Waals surface area (Å²) in [5.41, 5.74) is 5.25. The number of carbonyl (C=O) groups excluding carboxylic acids is 1. The summed E-state index contributed by atoms with van der Waals surface area (Å²) in [5.74, 6) is 2.79. The molecular weight excluding hydrogens is 212 g/mol. The van der Waals surface area contributed by atoms with Crippen LogP contribution >= 0.6 is 11.8 Å². The lowest BCUT2D eigenvalue weighted by molar-refractivity contribution is -0.114. The first kappa shape index (κ1) is 10.5. The van der Waals surface area contributed by atoms with Crippen LogP contribution in [0.4, 0.5) is 5.82 Å². The first-order chi connectivity index (χ1) is 7.31. The zero-order valence-corrected chi connectivity index (χ0v) is 9.17. The van der Waals surface area contributed by atoms with E-state index in [0.29, 0.717) is 6.04 Å². The van der Waals surface area contributed by atoms with Crippen LogP contribution in [0.25, 0.3) is 0 Å². The molecule has 1 aliphatic heterocycles. The van der Waals surface area contributed by atoms with Gasteiger partial charge in [-0.3, -0.25) is 4.79 Å². The fourth-order valence-corrected chi connectivity index (χ4v) is 2.80. The molecule has 1 atom stereocenters. The van der Waals surface area contributed by atoms with Gasteiger partial charge in [0.15, 0.2) is 0 Å². The second kappa shape index (κ2) is 4.67. The van der Waals surface area contributed by atoms with E-state index in [2.05, 4.69) is 10.4 Å². The van der Waals surface area contributed by atoms with Crippen LogP contribution < -0.4 is 11.1 Å². The van der Waals surface area contributed by atoms with E-state index in [1.165, 1.54) is 0 Å². The molecular formula is C9H14N4OS. The lowest BCUT2D eigenvalue weighted by atomic mass is 10.3. The van der Waals surface area contributed by atoms with Crippen LogP contribution in [-0.2, 0) is 4.79 Å². The van der Waals surface area contributed by atoms with Crippen molar-refractivity contribution < 1.29 is 4.79 Å². The van der Waals surface area contributed by atoms with Crippen molar-refractivity contribution in [1.29, 1.82) is 0 Å². The number of amides is 1. The molecule has 2 rings (SSSR count). The Morgan fingerprint density at radius 2 is 2.67 bits per heavy atom. The molecule has 1 aliphatic rings. The normalized spacial score (nSPS) is 20.5. The Bertz CT molecular complexity index is 346. The van der Waals surface area contributed by atoms with Gasteiger partial charge in [0.2, 0.25) is 5.91 Å². The predicted molar refractivity (Wildman–Crippen MR) is 60.9 cm³/mol. The molecule has 0 spiro atoms. The highest BCUT2D eigenvalue weighted by molar-refractivity contribution is 7.99. The van der Waals surface area contributed by atoms with E-state index in [1.807, 2.05) is 16.4 Å². The first-order valence-electron chi connectivity index (χ1n) is 4.92. The fourth-order valence-electron chi connectivity index (χ4n) is 1.61. The summed E-state index contributed by atoms with van der Waals surface area (Å²) in [5, 5.41) is 6.98. The predicted octanol–water partition coefficient (Wildman–Crippen LogP) is 0.458. The zero-order valence-electron chi connectivity index (χ0n) is 8.35. The molecule has 2 heterocycles. The third-order valence-electron chi connectivity index (χ3n) is 2.37. The molecule has 0 saturated carbocycles. The number of nitrogens with one attached hydrogen (secondary N) is 1. The highest BCUT2D eigenvalue weighted by Crippen LogP contribution is 2.29. The van der Waals surface area contributed by atoms with Crippen molar-refractivity contribution >= 4 is 23.5 Å². The van der Waals surface area contributed by atoms with Crippen LogP contribution in [0.15, 0.2) is 12.3 Å². The van der Waals surface area contributed by atoms with E-state index in [9.17, 15) is 4.79 Å². The van der Waals surface area contributed by atoms with Crippen molar-refractivity contribution in [2.75, 3.05) is 23.4 Å². The lowest BCUT2D eigenvalue weighted by Gasteiger charge is -2.13. The Kier molecular flexibility index (Phi) is 3.27. The number of hydrogen-bond donors (Lipinski definition) is 2. The van der Waals surface area contributed by atoms with Crippen LogP contribution in [0.3, 0.4) is 0 Å². The monoisotopic (exact) mass is 226 g/mol. The maximum atomic E-state index is 11.2. The molecule has 5 nitrogen and oxygen atoms in total. The molecule has 0 aliphatic carbocycles. The second-order valence-electron chi connectivity index (χ2n) is 3.43. The number of rotatable bonds is 3. The van der Waals surface area contributed by atoms with Crippen molar-refractivity contribution in [3.8, 4) is 0 Å². The average Bonchev–Trinajstić information content (AvgIpc) is 2.86. The van der Waals surface area contributed by atoms with E-state index in [1.54, 1.807) is 12.3 Å². The molecule has 1 unspecified atom stereocenters. The number of anilines is 1. The standard InChI is InChI=1S/C9H14N4OS/c10-5-9(14)12-8-1-3-11-13(8)7-2-4-15-6-7/h1,3,7H,2,4-6,10H2,(H,12,14). The van der Waals surface area contributed by atoms with Gasteiger partial charge < -0.3 is 11.1 Å². The fraction of sp³-hybridized carbons (Fsp3) is 0.556. The maximum Gasteiger partial charge on any atom is 0.239 e. The van der Waals surface area contributed by atoms with Gasteiger partial charge >= 0.3 is 0 Å². The largest absolute Gasteiger partial charge is 0.322 e. The van der Waals surface area contributed by atoms with E-state index < -0.39 is 0 Å². The minimum atomic E-state index is -0.178. The smallest absolute Gasteiger partial charge is 0.239 e. The Morgan fingerprint density at radius 1 is 1.80 bits per heavy atom. The van der Waals surface area contributed by atoms with Crippen molar-refractivity contribution in [3.05, 3.63) is 12.3 Å². The summed E-state index contributed by atoms with van der Waals surface area (Å²) >= 11 is 1.92. The molecule has 0 radical (unpaired) electrons. The number of carbonyl (C=O) groups is 1. The van der Waals surface area contributed by atoms with Gasteiger partial charge in [-0.05, 0) is 12.2 Å². The van der Waals surface area contributed by atoms with Gasteiger partial charge in [0.05, 0.1) is 18.8 Å². The summed E-state index contributed by atoms with van der Waals surface area (Å²) in [7, 11) is 0. The van der Waals surface area contributed by atoms with Gasteiger partial charge in [-0.25, -0.2) is 4.68 Å². The Balaban J connectivity index is 2.10. The van der Waals surface area contributed by atoms with E-state index in [0.717, 1.165) is 23.7 Å². The molecule has 0 bridgehead atoms. The molecule has 1 saturated heterocycles. The molecule has 1 aromatic heterocycles. The molecule has 0 aromatic carbocycles. The topological polar surface area (TPSA) is 72.9 Å². The molecule has 6 heteroatoms. The van der Waals surface area contributed by atoms with Crippen LogP contribution in [-0.4, -0.2) is 33.7 Å². The number of thioether (sulfide) groups is 1. The number of hydrogen-bond acceptors (Lipinski definition) is 4. The van der Waals surface area contributed by atoms with Gasteiger partial charge in [-0.2, -0.15) is 16.9 Å². The number of aromatic nitrogens is 2. The van der Waals surface area contributed by atoms with Crippen molar-refractivity contribution in [2.24, 2.45) is 5.73 Å². The second-order valence-corrected chi connectivity index (χ2v) is 4.58. The van der Waals surface area contributed by atoms with Crippen molar-refractivity contribution in [1.82, 2.24) is 9.78 Å². The minimum Gasteiger partial charge on any atom is -0.322 e. The maximum absolute atomic E-state index is 11.2. The Morgan fingerprint density at radius 3 is 3.33 bits per heavy atom. The van der Waals surface area contributed by atoms with Crippen molar-refractivity contribution in [2.45, 2.75) is 12.5 Å². The Hall–Kier alpha value is -1.01. The number of nitrogens with two attached hydrogens (primary N) is 1. The quantitative estimate of drug-likeness (QED) is 0.785. The molecule has 1 amide bonds. The summed E-state index contributed by atoms with van der Waals surface area (Å²) in [6.07, 6.45) is 2.81. The third kappa shape index (κ3) is 2.32. The number of nitrogens with zero attached hydrogens (tertiary/aromatic N) is 2. The van der Waals surface area contributed by atoms with Crippen LogP contribution in [0, 0.1) is 0 Å². The molecule has 1 aromatic rings. The van der Waals surface area contributed by atoms with E-state index in [4.69, 9.17) is 5.73 Å². The summed E-state index contributed by atoms with van der Waals surface area (Å²) in [6, 6.07) is 2.20. The van der Waals surface area contributed by atoms with Gasteiger partial charge in [-0.15, -0.1) is 0 Å². The first-order valence-corrected chi connectivity index (χ1v) is 6.08. The molecule has 82 valence electrons. The Labute approximate surface area is 92.4 Å². The van der Waals surface area contributed by atoms with Gasteiger partial charge in [0, 0.05) is 11.8 Å². The van der Waals surface area contributed by atoms with Crippen molar-refractivity contribution in [3.63, 3.8) is 0 Å². The van der Waals surface area contributed by atoms with E-state index >= 15 is 0 Å². The molecule has 3 N–H and O–H groups in total. The summed E-state index contributed by atoms with van der Waals surface area (Å²) in [4.78, 5) is 11.2. The zero-order chi connectivity index (χ0) is 10.7. The van der Waals surface area contributed by atoms with Gasteiger partial charge in [0.1, 0.15) is 5.82 Å². The average molecular weight is 226 g/mol. The van der Waals surface area contributed by atoms with Gasteiger partial charge in [-0.1, -0.05) is 0 Å². The van der Waals surface area contributed by atoms with Crippen LogP contribution in [0.5, 0.6) is 0 Å². The SMILES string of the molecule is NCC(=O)Nc1ccnn1C1CCSC1. The highest BCUT2D eigenvalue weighted by atomic mass is 32.2. The summed E-state index contributed by atoms with van der Waals surface area (Å²) < 4.78 is 1.88. The summed E-state index contributed by atoms with van der Waals surface area (Å²) in [6.45, 7) is 0.00456. The van der Waals surface area contributed by atoms with Crippen LogP contribution in [0.2, 0.25) is 0 Å². The third-order valence-corrected chi connectivity index (χ3v) is 3.52. The minimum absolute atomic E-state index is 0.00456. The highest BCUT2D eigenvalue weighted by Gasteiger charge is 2.20. The molecule has 1 fully saturated rings. The lowest BCUT2D eigenvalue weighted by Crippen LogP contribution is -2.24.